The van der Waals surface area contributed by atoms with Crippen LogP contribution in [0.2, 0.25) is 0 Å². The number of thiazole rings is 1. The minimum Gasteiger partial charge on any atom is -0.372 e. The molecule has 0 aromatic carbocycles. The number of aromatic nitrogens is 3. The third-order valence-electron chi connectivity index (χ3n) is 4.33. The van der Waals surface area contributed by atoms with Crippen LogP contribution in [-0.2, 0) is 16.1 Å². The first-order valence-corrected chi connectivity index (χ1v) is 9.53. The van der Waals surface area contributed by atoms with Gasteiger partial charge in [0.15, 0.2) is 0 Å². The average Bonchev–Trinajstić information content (AvgIpc) is 3.11. The second kappa shape index (κ2) is 6.08. The van der Waals surface area contributed by atoms with Gasteiger partial charge in [-0.25, -0.2) is 4.98 Å². The third-order valence-corrected chi connectivity index (χ3v) is 6.05. The van der Waals surface area contributed by atoms with Gasteiger partial charge in [0.1, 0.15) is 10.6 Å². The molecule has 2 aromatic rings. The molecular weight excluding hydrogens is 332 g/mol. The first-order valence-electron chi connectivity index (χ1n) is 7.84. The maximum absolute atomic E-state index is 6.08. The number of rotatable bonds is 4. The summed E-state index contributed by atoms with van der Waals surface area (Å²) in [6, 6.07) is 0. The highest BCUT2D eigenvalue weighted by Gasteiger charge is 2.48. The normalized spacial score (nSPS) is 23.2. The topological polar surface area (TPSA) is 60.4 Å². The monoisotopic (exact) mass is 352 g/mol. The Labute approximate surface area is 143 Å². The van der Waals surface area contributed by atoms with Gasteiger partial charge in [-0.15, -0.1) is 21.5 Å². The Kier molecular flexibility index (Phi) is 4.08. The molecule has 2 saturated heterocycles. The highest BCUT2D eigenvalue weighted by atomic mass is 32.1. The van der Waals surface area contributed by atoms with E-state index in [1.54, 1.807) is 22.7 Å². The lowest BCUT2D eigenvalue weighted by Gasteiger charge is -2.52. The summed E-state index contributed by atoms with van der Waals surface area (Å²) in [5, 5.41) is 13.5. The van der Waals surface area contributed by atoms with Gasteiger partial charge in [-0.05, 0) is 20.3 Å². The van der Waals surface area contributed by atoms with Gasteiger partial charge in [-0.1, -0.05) is 11.3 Å². The highest BCUT2D eigenvalue weighted by Crippen LogP contribution is 2.38. The van der Waals surface area contributed by atoms with E-state index in [1.165, 1.54) is 0 Å². The number of hydrogen-bond acceptors (Lipinski definition) is 8. The van der Waals surface area contributed by atoms with Crippen molar-refractivity contribution < 1.29 is 9.47 Å². The molecule has 1 spiro atoms. The predicted octanol–water partition coefficient (Wildman–Crippen LogP) is 2.57. The van der Waals surface area contributed by atoms with Crippen molar-refractivity contribution in [1.82, 2.24) is 15.2 Å². The average molecular weight is 352 g/mol. The van der Waals surface area contributed by atoms with Crippen LogP contribution in [0.15, 0.2) is 5.38 Å². The SMILES string of the molecule is Cc1nc(CO[C@@H]2CCOC3(C2)CN(c2nnc(C)s2)C3)cs1. The molecule has 0 N–H and O–H groups in total. The van der Waals surface area contributed by atoms with Crippen LogP contribution in [0.4, 0.5) is 5.13 Å². The van der Waals surface area contributed by atoms with Gasteiger partial charge in [0.05, 0.1) is 36.5 Å². The summed E-state index contributed by atoms with van der Waals surface area (Å²) in [7, 11) is 0. The molecule has 0 saturated carbocycles. The summed E-state index contributed by atoms with van der Waals surface area (Å²) in [6.45, 7) is 7.15. The van der Waals surface area contributed by atoms with Gasteiger partial charge >= 0.3 is 0 Å². The molecule has 0 unspecified atom stereocenters. The van der Waals surface area contributed by atoms with Crippen LogP contribution in [0.1, 0.15) is 28.6 Å². The third kappa shape index (κ3) is 3.26. The lowest BCUT2D eigenvalue weighted by Crippen LogP contribution is -2.66. The zero-order valence-corrected chi connectivity index (χ0v) is 15.0. The second-order valence-electron chi connectivity index (χ2n) is 6.27. The molecule has 4 rings (SSSR count). The Morgan fingerprint density at radius 2 is 2.22 bits per heavy atom. The van der Waals surface area contributed by atoms with Crippen LogP contribution in [0, 0.1) is 13.8 Å². The van der Waals surface area contributed by atoms with Gasteiger partial charge < -0.3 is 14.4 Å². The number of hydrogen-bond donors (Lipinski definition) is 0. The minimum absolute atomic E-state index is 0.0690. The maximum atomic E-state index is 6.08. The van der Waals surface area contributed by atoms with E-state index in [-0.39, 0.29) is 11.7 Å². The molecular formula is C15H20N4O2S2. The lowest BCUT2D eigenvalue weighted by molar-refractivity contribution is -0.148. The fraction of sp³-hybridized carbons (Fsp3) is 0.667. The quantitative estimate of drug-likeness (QED) is 0.843. The minimum atomic E-state index is -0.0690. The van der Waals surface area contributed by atoms with Crippen LogP contribution >= 0.6 is 22.7 Å². The summed E-state index contributed by atoms with van der Waals surface area (Å²) < 4.78 is 12.1. The number of aryl methyl sites for hydroxylation is 2. The van der Waals surface area contributed by atoms with Crippen molar-refractivity contribution in [2.24, 2.45) is 0 Å². The molecule has 2 aliphatic heterocycles. The standard InChI is InChI=1S/C15H20N4O2S2/c1-10-16-12(7-22-10)6-20-13-3-4-21-15(5-13)8-19(9-15)14-18-17-11(2)23-14/h7,13H,3-6,8-9H2,1-2H3/t13-/m1/s1. The van der Waals surface area contributed by atoms with Crippen molar-refractivity contribution in [3.8, 4) is 0 Å². The van der Waals surface area contributed by atoms with Crippen molar-refractivity contribution in [2.75, 3.05) is 24.6 Å². The van der Waals surface area contributed by atoms with Gasteiger partial charge in [0, 0.05) is 18.4 Å². The van der Waals surface area contributed by atoms with Crippen molar-refractivity contribution in [1.29, 1.82) is 0 Å². The van der Waals surface area contributed by atoms with Gasteiger partial charge in [0.25, 0.3) is 0 Å². The fourth-order valence-electron chi connectivity index (χ4n) is 3.22. The molecule has 0 radical (unpaired) electrons. The van der Waals surface area contributed by atoms with Crippen molar-refractivity contribution in [3.63, 3.8) is 0 Å². The molecule has 23 heavy (non-hydrogen) atoms. The lowest BCUT2D eigenvalue weighted by atomic mass is 9.85. The summed E-state index contributed by atoms with van der Waals surface area (Å²) >= 11 is 3.31. The van der Waals surface area contributed by atoms with Crippen molar-refractivity contribution in [2.45, 2.75) is 45.0 Å². The van der Waals surface area contributed by atoms with E-state index in [4.69, 9.17) is 9.47 Å². The Balaban J connectivity index is 1.31. The van der Waals surface area contributed by atoms with Crippen LogP contribution in [0.5, 0.6) is 0 Å². The van der Waals surface area contributed by atoms with E-state index in [0.29, 0.717) is 6.61 Å². The molecule has 124 valence electrons. The van der Waals surface area contributed by atoms with Crippen molar-refractivity contribution >= 4 is 27.8 Å². The van der Waals surface area contributed by atoms with Gasteiger partial charge in [-0.2, -0.15) is 0 Å². The molecule has 4 heterocycles. The largest absolute Gasteiger partial charge is 0.372 e. The smallest absolute Gasteiger partial charge is 0.208 e. The van der Waals surface area contributed by atoms with Crippen LogP contribution in [0.25, 0.3) is 0 Å². The summed E-state index contributed by atoms with van der Waals surface area (Å²) in [6.07, 6.45) is 2.16. The molecule has 8 heteroatoms. The van der Waals surface area contributed by atoms with E-state index < -0.39 is 0 Å². The van der Waals surface area contributed by atoms with E-state index >= 15 is 0 Å². The molecule has 6 nitrogen and oxygen atoms in total. The number of anilines is 1. The van der Waals surface area contributed by atoms with Crippen LogP contribution in [-0.4, -0.2) is 46.6 Å². The predicted molar refractivity (Wildman–Crippen MR) is 90.2 cm³/mol. The molecule has 1 atom stereocenters. The Morgan fingerprint density at radius 1 is 1.35 bits per heavy atom. The molecule has 0 bridgehead atoms. The zero-order chi connectivity index (χ0) is 15.9. The van der Waals surface area contributed by atoms with E-state index in [1.807, 2.05) is 13.8 Å². The van der Waals surface area contributed by atoms with E-state index in [9.17, 15) is 0 Å². The van der Waals surface area contributed by atoms with Crippen LogP contribution < -0.4 is 4.90 Å². The second-order valence-corrected chi connectivity index (χ2v) is 8.50. The van der Waals surface area contributed by atoms with E-state index in [2.05, 4.69) is 25.5 Å². The Bertz CT molecular complexity index is 681. The summed E-state index contributed by atoms with van der Waals surface area (Å²) in [4.78, 5) is 6.71. The van der Waals surface area contributed by atoms with Crippen molar-refractivity contribution in [3.05, 3.63) is 21.1 Å². The Morgan fingerprint density at radius 3 is 2.91 bits per heavy atom. The molecule has 0 aliphatic carbocycles. The molecule has 2 aromatic heterocycles. The zero-order valence-electron chi connectivity index (χ0n) is 13.3. The Hall–Kier alpha value is -1.09. The molecule has 2 fully saturated rings. The number of ether oxygens (including phenoxy) is 2. The first-order chi connectivity index (χ1) is 11.1. The van der Waals surface area contributed by atoms with Gasteiger partial charge in [0.2, 0.25) is 5.13 Å². The fourth-order valence-corrected chi connectivity index (χ4v) is 4.50. The summed E-state index contributed by atoms with van der Waals surface area (Å²) in [5.74, 6) is 0. The maximum Gasteiger partial charge on any atom is 0.208 e. The summed E-state index contributed by atoms with van der Waals surface area (Å²) in [5.41, 5.74) is 0.966. The first kappa shape index (κ1) is 15.4. The molecule has 0 amide bonds. The highest BCUT2D eigenvalue weighted by molar-refractivity contribution is 7.15. The van der Waals surface area contributed by atoms with Crippen LogP contribution in [0.3, 0.4) is 0 Å². The number of nitrogens with zero attached hydrogens (tertiary/aromatic N) is 4. The molecule has 2 aliphatic rings. The van der Waals surface area contributed by atoms with Gasteiger partial charge in [-0.3, -0.25) is 0 Å². The van der Waals surface area contributed by atoms with E-state index in [0.717, 1.165) is 53.4 Å².